The fraction of sp³-hybridized carbons (Fsp3) is 0.500. The van der Waals surface area contributed by atoms with Gasteiger partial charge in [-0.2, -0.15) is 0 Å². The van der Waals surface area contributed by atoms with Gasteiger partial charge >= 0.3 is 6.16 Å². The van der Waals surface area contributed by atoms with Crippen molar-refractivity contribution >= 4 is 11.9 Å². The summed E-state index contributed by atoms with van der Waals surface area (Å²) in [5.41, 5.74) is 0.496. The normalized spacial score (nSPS) is 20.3. The van der Waals surface area contributed by atoms with Gasteiger partial charge in [0.2, 0.25) is 0 Å². The van der Waals surface area contributed by atoms with E-state index in [2.05, 4.69) is 10.7 Å². The third-order valence-corrected chi connectivity index (χ3v) is 2.38. The van der Waals surface area contributed by atoms with Gasteiger partial charge in [0.15, 0.2) is 12.4 Å². The molecule has 0 bridgehead atoms. The van der Waals surface area contributed by atoms with Crippen LogP contribution in [0.5, 0.6) is 0 Å². The van der Waals surface area contributed by atoms with E-state index in [0.717, 1.165) is 0 Å². The zero-order chi connectivity index (χ0) is 12.1. The van der Waals surface area contributed by atoms with Crippen LogP contribution in [0.1, 0.15) is 26.7 Å². The van der Waals surface area contributed by atoms with Crippen molar-refractivity contribution in [2.24, 2.45) is 5.92 Å². The second-order valence-corrected chi connectivity index (χ2v) is 3.83. The number of carbonyl (C=O) groups excluding carboxylic acids is 2. The van der Waals surface area contributed by atoms with Gasteiger partial charge in [-0.15, -0.1) is 6.42 Å². The summed E-state index contributed by atoms with van der Waals surface area (Å²) in [6.45, 7) is 3.45. The summed E-state index contributed by atoms with van der Waals surface area (Å²) in [5, 5.41) is 0. The molecule has 0 spiro atoms. The number of allylic oxidation sites excluding steroid dienone is 2. The molecule has 1 aliphatic rings. The van der Waals surface area contributed by atoms with Crippen LogP contribution in [-0.2, 0) is 14.3 Å². The quantitative estimate of drug-likeness (QED) is 0.530. The molecule has 16 heavy (non-hydrogen) atoms. The maximum atomic E-state index is 11.5. The molecule has 0 radical (unpaired) electrons. The third-order valence-electron chi connectivity index (χ3n) is 2.38. The molecule has 4 heteroatoms. The number of terminal acetylenes is 1. The number of hydrogen-bond acceptors (Lipinski definition) is 4. The smallest absolute Gasteiger partial charge is 0.421 e. The van der Waals surface area contributed by atoms with Crippen molar-refractivity contribution in [1.29, 1.82) is 0 Å². The van der Waals surface area contributed by atoms with Crippen molar-refractivity contribution in [3.63, 3.8) is 0 Å². The Labute approximate surface area is 94.6 Å². The van der Waals surface area contributed by atoms with E-state index in [9.17, 15) is 9.59 Å². The Balaban J connectivity index is 2.65. The summed E-state index contributed by atoms with van der Waals surface area (Å²) in [4.78, 5) is 22.6. The molecule has 1 rings (SSSR count). The van der Waals surface area contributed by atoms with Gasteiger partial charge in [0, 0.05) is 18.4 Å². The highest BCUT2D eigenvalue weighted by Crippen LogP contribution is 2.27. The highest BCUT2D eigenvalue weighted by molar-refractivity contribution is 5.96. The van der Waals surface area contributed by atoms with E-state index in [4.69, 9.17) is 11.2 Å². The lowest BCUT2D eigenvalue weighted by molar-refractivity contribution is -0.117. The monoisotopic (exact) mass is 222 g/mol. The van der Waals surface area contributed by atoms with Crippen molar-refractivity contribution < 1.29 is 19.1 Å². The second kappa shape index (κ2) is 5.36. The van der Waals surface area contributed by atoms with Crippen molar-refractivity contribution in [2.75, 3.05) is 6.61 Å². The van der Waals surface area contributed by atoms with Crippen molar-refractivity contribution in [1.82, 2.24) is 0 Å². The minimum atomic E-state index is -0.853. The first-order chi connectivity index (χ1) is 7.54. The van der Waals surface area contributed by atoms with E-state index in [-0.39, 0.29) is 18.3 Å². The molecule has 86 valence electrons. The van der Waals surface area contributed by atoms with E-state index >= 15 is 0 Å². The fourth-order valence-corrected chi connectivity index (χ4v) is 1.52. The van der Waals surface area contributed by atoms with Gasteiger partial charge in [0.05, 0.1) is 0 Å². The van der Waals surface area contributed by atoms with Crippen LogP contribution in [0, 0.1) is 18.3 Å². The SMILES string of the molecule is C#CCOC(=O)OC1=C(C)C(=O)C[C@H](C)C1. The molecule has 0 N–H and O–H groups in total. The molecule has 0 heterocycles. The van der Waals surface area contributed by atoms with Gasteiger partial charge in [-0.05, 0) is 12.8 Å². The van der Waals surface area contributed by atoms with Crippen LogP contribution in [0.3, 0.4) is 0 Å². The molecule has 0 aromatic rings. The van der Waals surface area contributed by atoms with E-state index in [1.54, 1.807) is 6.92 Å². The lowest BCUT2D eigenvalue weighted by atomic mass is 9.89. The molecule has 0 fully saturated rings. The molecule has 0 amide bonds. The number of Topliss-reactive ketones (excluding diaryl/α,β-unsaturated/α-hetero) is 1. The first kappa shape index (κ1) is 12.3. The maximum absolute atomic E-state index is 11.5. The molecule has 0 saturated carbocycles. The van der Waals surface area contributed by atoms with Crippen LogP contribution in [0.25, 0.3) is 0 Å². The van der Waals surface area contributed by atoms with Crippen molar-refractivity contribution in [3.05, 3.63) is 11.3 Å². The van der Waals surface area contributed by atoms with Crippen LogP contribution in [0.2, 0.25) is 0 Å². The Kier molecular flexibility index (Phi) is 4.12. The summed E-state index contributed by atoms with van der Waals surface area (Å²) in [6, 6.07) is 0. The predicted octanol–water partition coefficient (Wildman–Crippen LogP) is 2.05. The Morgan fingerprint density at radius 2 is 2.25 bits per heavy atom. The molecule has 1 aliphatic carbocycles. The number of ketones is 1. The van der Waals surface area contributed by atoms with Gasteiger partial charge in [-0.25, -0.2) is 4.79 Å². The number of carbonyl (C=O) groups is 2. The first-order valence-corrected chi connectivity index (χ1v) is 5.05. The summed E-state index contributed by atoms with van der Waals surface area (Å²) in [6.07, 6.45) is 5.15. The van der Waals surface area contributed by atoms with Crippen LogP contribution >= 0.6 is 0 Å². The molecule has 0 aromatic heterocycles. The predicted molar refractivity (Wildman–Crippen MR) is 57.4 cm³/mol. The molecule has 1 atom stereocenters. The maximum Gasteiger partial charge on any atom is 0.514 e. The Morgan fingerprint density at radius 1 is 1.56 bits per heavy atom. The largest absolute Gasteiger partial charge is 0.514 e. The van der Waals surface area contributed by atoms with E-state index < -0.39 is 6.16 Å². The van der Waals surface area contributed by atoms with Gasteiger partial charge in [0.25, 0.3) is 0 Å². The molecule has 0 saturated heterocycles. The van der Waals surface area contributed by atoms with Gasteiger partial charge in [-0.3, -0.25) is 4.79 Å². The lowest BCUT2D eigenvalue weighted by Crippen LogP contribution is -2.19. The van der Waals surface area contributed by atoms with Crippen molar-refractivity contribution in [3.8, 4) is 12.3 Å². The molecule has 4 nitrogen and oxygen atoms in total. The van der Waals surface area contributed by atoms with Gasteiger partial charge in [-0.1, -0.05) is 12.8 Å². The number of hydrogen-bond donors (Lipinski definition) is 0. The van der Waals surface area contributed by atoms with E-state index in [1.807, 2.05) is 6.92 Å². The Hall–Kier alpha value is -1.76. The molecule has 0 aromatic carbocycles. The number of ether oxygens (including phenoxy) is 2. The van der Waals surface area contributed by atoms with Crippen LogP contribution in [0.4, 0.5) is 4.79 Å². The molecular formula is C12H14O4. The topological polar surface area (TPSA) is 52.6 Å². The summed E-state index contributed by atoms with van der Waals surface area (Å²) >= 11 is 0. The van der Waals surface area contributed by atoms with E-state index in [0.29, 0.717) is 24.2 Å². The zero-order valence-corrected chi connectivity index (χ0v) is 9.41. The fourth-order valence-electron chi connectivity index (χ4n) is 1.52. The van der Waals surface area contributed by atoms with Crippen LogP contribution < -0.4 is 0 Å². The lowest BCUT2D eigenvalue weighted by Gasteiger charge is -2.20. The van der Waals surface area contributed by atoms with E-state index in [1.165, 1.54) is 0 Å². The highest BCUT2D eigenvalue weighted by atomic mass is 16.7. The Bertz CT molecular complexity index is 373. The van der Waals surface area contributed by atoms with Crippen LogP contribution in [-0.4, -0.2) is 18.5 Å². The summed E-state index contributed by atoms with van der Waals surface area (Å²) < 4.78 is 9.52. The molecule has 0 aliphatic heterocycles. The average molecular weight is 222 g/mol. The highest BCUT2D eigenvalue weighted by Gasteiger charge is 2.25. The van der Waals surface area contributed by atoms with Gasteiger partial charge < -0.3 is 9.47 Å². The summed E-state index contributed by atoms with van der Waals surface area (Å²) in [5.74, 6) is 2.75. The standard InChI is InChI=1S/C12H14O4/c1-4-5-15-12(14)16-11-7-8(2)6-10(13)9(11)3/h1,8H,5-7H2,2-3H3/t8-/m0/s1. The van der Waals surface area contributed by atoms with Crippen LogP contribution in [0.15, 0.2) is 11.3 Å². The second-order valence-electron chi connectivity index (χ2n) is 3.83. The van der Waals surface area contributed by atoms with Gasteiger partial charge in [0.1, 0.15) is 5.76 Å². The summed E-state index contributed by atoms with van der Waals surface area (Å²) in [7, 11) is 0. The Morgan fingerprint density at radius 3 is 2.88 bits per heavy atom. The minimum Gasteiger partial charge on any atom is -0.421 e. The molecular weight excluding hydrogens is 208 g/mol. The minimum absolute atomic E-state index is 0.0125. The first-order valence-electron chi connectivity index (χ1n) is 5.05. The third kappa shape index (κ3) is 3.13. The average Bonchev–Trinajstić information content (AvgIpc) is 2.22. The van der Waals surface area contributed by atoms with Crippen molar-refractivity contribution in [2.45, 2.75) is 26.7 Å². The zero-order valence-electron chi connectivity index (χ0n) is 9.41. The molecule has 0 unspecified atom stereocenters. The number of rotatable bonds is 2.